The second-order valence-corrected chi connectivity index (χ2v) is 5.89. The molecule has 5 unspecified atom stereocenters. The van der Waals surface area contributed by atoms with E-state index in [4.69, 9.17) is 14.2 Å². The molecule has 23 heavy (non-hydrogen) atoms. The molecule has 2 aliphatic heterocycles. The first-order valence-corrected chi connectivity index (χ1v) is 7.71. The average Bonchev–Trinajstić information content (AvgIpc) is 2.55. The molecule has 0 amide bonds. The normalized spacial score (nSPS) is 51.7. The minimum Gasteiger partial charge on any atom is -0.394 e. The molecular formula is C12H22O10S. The first-order valence-electron chi connectivity index (χ1n) is 7.08. The second-order valence-electron chi connectivity index (χ2n) is 5.53. The molecule has 2 heterocycles. The Kier molecular flexibility index (Phi) is 6.61. The summed E-state index contributed by atoms with van der Waals surface area (Å²) in [6.45, 7) is -0.643. The van der Waals surface area contributed by atoms with Crippen molar-refractivity contribution in [1.82, 2.24) is 0 Å². The molecule has 2 aliphatic rings. The van der Waals surface area contributed by atoms with Crippen LogP contribution in [-0.2, 0) is 14.2 Å². The van der Waals surface area contributed by atoms with Crippen LogP contribution in [0.5, 0.6) is 0 Å². The number of hydrogen-bond acceptors (Lipinski definition) is 11. The summed E-state index contributed by atoms with van der Waals surface area (Å²) in [5.41, 5.74) is 0. The Morgan fingerprint density at radius 2 is 1.43 bits per heavy atom. The van der Waals surface area contributed by atoms with Crippen LogP contribution in [-0.4, -0.2) is 110 Å². The predicted octanol–water partition coefficient (Wildman–Crippen LogP) is -4.46. The highest BCUT2D eigenvalue weighted by Crippen LogP contribution is 2.28. The molecule has 2 saturated heterocycles. The predicted molar refractivity (Wildman–Crippen MR) is 75.4 cm³/mol. The summed E-state index contributed by atoms with van der Waals surface area (Å²) < 4.78 is 15.5. The smallest absolute Gasteiger partial charge is 0.187 e. The van der Waals surface area contributed by atoms with Crippen LogP contribution in [0, 0.1) is 0 Å². The van der Waals surface area contributed by atoms with E-state index >= 15 is 0 Å². The van der Waals surface area contributed by atoms with Gasteiger partial charge in [-0.3, -0.25) is 0 Å². The lowest BCUT2D eigenvalue weighted by atomic mass is 9.97. The van der Waals surface area contributed by atoms with Crippen molar-refractivity contribution in [3.63, 3.8) is 0 Å². The van der Waals surface area contributed by atoms with Gasteiger partial charge < -0.3 is 50.0 Å². The number of aliphatic hydroxyl groups is 7. The van der Waals surface area contributed by atoms with Gasteiger partial charge in [-0.05, 0) is 0 Å². The van der Waals surface area contributed by atoms with Crippen molar-refractivity contribution in [2.75, 3.05) is 12.4 Å². The summed E-state index contributed by atoms with van der Waals surface area (Å²) in [5, 5.41) is 67.7. The van der Waals surface area contributed by atoms with Gasteiger partial charge in [-0.15, -0.1) is 0 Å². The van der Waals surface area contributed by atoms with Crippen LogP contribution in [0.15, 0.2) is 0 Å². The number of rotatable bonds is 4. The van der Waals surface area contributed by atoms with Crippen molar-refractivity contribution in [2.24, 2.45) is 0 Å². The minimum absolute atomic E-state index is 0.0271. The standard InChI is InChI=1S/C12H22O10S/c13-1-3-10(7(16)8(17)11(19)20-3)22-12-9(18)6(15)5(14)4(2-23)21-12/h3-19,23H,1-2H2/t3?,4?,5-,6?,7?,8?,9-,10-,11+,12-/m0/s1. The molecule has 11 heteroatoms. The van der Waals surface area contributed by atoms with Crippen molar-refractivity contribution >= 4 is 12.6 Å². The molecule has 0 spiro atoms. The highest BCUT2D eigenvalue weighted by atomic mass is 32.1. The van der Waals surface area contributed by atoms with Crippen molar-refractivity contribution in [2.45, 2.75) is 61.4 Å². The highest BCUT2D eigenvalue weighted by Gasteiger charge is 2.49. The van der Waals surface area contributed by atoms with Gasteiger partial charge in [-0.2, -0.15) is 12.6 Å². The van der Waals surface area contributed by atoms with Gasteiger partial charge in [0.2, 0.25) is 0 Å². The van der Waals surface area contributed by atoms with Gasteiger partial charge in [0.05, 0.1) is 12.7 Å². The Hall–Kier alpha value is -0.0500. The van der Waals surface area contributed by atoms with Crippen molar-refractivity contribution in [3.05, 3.63) is 0 Å². The summed E-state index contributed by atoms with van der Waals surface area (Å²) in [6, 6.07) is 0. The van der Waals surface area contributed by atoms with Gasteiger partial charge in [-0.1, -0.05) is 0 Å². The number of hydrogen-bond donors (Lipinski definition) is 8. The number of aliphatic hydroxyl groups excluding tert-OH is 7. The zero-order valence-corrected chi connectivity index (χ0v) is 12.9. The van der Waals surface area contributed by atoms with Gasteiger partial charge in [0, 0.05) is 5.75 Å². The molecule has 10 nitrogen and oxygen atoms in total. The molecule has 0 aromatic carbocycles. The van der Waals surface area contributed by atoms with Gasteiger partial charge in [0.15, 0.2) is 12.6 Å². The number of thiol groups is 1. The molecule has 0 aliphatic carbocycles. The fraction of sp³-hybridized carbons (Fsp3) is 1.00. The molecule has 0 aromatic heterocycles. The summed E-state index contributed by atoms with van der Waals surface area (Å²) in [6.07, 6.45) is -14.6. The fourth-order valence-electron chi connectivity index (χ4n) is 2.57. The Labute approximate surface area is 137 Å². The van der Waals surface area contributed by atoms with E-state index in [0.717, 1.165) is 0 Å². The van der Waals surface area contributed by atoms with E-state index in [1.807, 2.05) is 0 Å². The lowest BCUT2D eigenvalue weighted by molar-refractivity contribution is -0.351. The van der Waals surface area contributed by atoms with Crippen LogP contribution in [0.25, 0.3) is 0 Å². The van der Waals surface area contributed by atoms with Crippen LogP contribution in [0.1, 0.15) is 0 Å². The Morgan fingerprint density at radius 3 is 2.00 bits per heavy atom. The molecule has 2 fully saturated rings. The molecule has 2 rings (SSSR count). The lowest BCUT2D eigenvalue weighted by Gasteiger charge is -2.45. The third kappa shape index (κ3) is 3.80. The third-order valence-electron chi connectivity index (χ3n) is 3.98. The van der Waals surface area contributed by atoms with Crippen LogP contribution in [0.2, 0.25) is 0 Å². The molecule has 0 radical (unpaired) electrons. The molecule has 136 valence electrons. The molecule has 7 N–H and O–H groups in total. The summed E-state index contributed by atoms with van der Waals surface area (Å²) in [4.78, 5) is 0. The van der Waals surface area contributed by atoms with Gasteiger partial charge in [-0.25, -0.2) is 0 Å². The van der Waals surface area contributed by atoms with E-state index < -0.39 is 68.0 Å². The van der Waals surface area contributed by atoms with E-state index in [0.29, 0.717) is 0 Å². The van der Waals surface area contributed by atoms with Gasteiger partial charge in [0.1, 0.15) is 42.7 Å². The Morgan fingerprint density at radius 1 is 0.783 bits per heavy atom. The van der Waals surface area contributed by atoms with Crippen molar-refractivity contribution < 1.29 is 50.0 Å². The van der Waals surface area contributed by atoms with Crippen LogP contribution in [0.4, 0.5) is 0 Å². The first kappa shape index (κ1) is 19.3. The van der Waals surface area contributed by atoms with Gasteiger partial charge in [0.25, 0.3) is 0 Å². The van der Waals surface area contributed by atoms with Crippen molar-refractivity contribution in [1.29, 1.82) is 0 Å². The first-order chi connectivity index (χ1) is 10.8. The lowest BCUT2D eigenvalue weighted by Crippen LogP contribution is -2.64. The van der Waals surface area contributed by atoms with E-state index in [1.165, 1.54) is 0 Å². The molecular weight excluding hydrogens is 336 g/mol. The fourth-order valence-corrected chi connectivity index (χ4v) is 2.87. The largest absolute Gasteiger partial charge is 0.394 e. The Bertz CT molecular complexity index is 383. The SMILES string of the molecule is OCC1O[C@@H](O)C(O)C(O)[C@H]1O[C@@H]1OC(CS)[C@H](O)C(O)[C@@H]1O. The van der Waals surface area contributed by atoms with Crippen LogP contribution >= 0.6 is 12.6 Å². The second kappa shape index (κ2) is 7.89. The minimum atomic E-state index is -1.71. The maximum atomic E-state index is 9.98. The van der Waals surface area contributed by atoms with Crippen molar-refractivity contribution in [3.8, 4) is 0 Å². The summed E-state index contributed by atoms with van der Waals surface area (Å²) in [5.74, 6) is 0.0271. The van der Waals surface area contributed by atoms with E-state index in [-0.39, 0.29) is 5.75 Å². The Balaban J connectivity index is 2.11. The highest BCUT2D eigenvalue weighted by molar-refractivity contribution is 7.80. The van der Waals surface area contributed by atoms with E-state index in [9.17, 15) is 35.7 Å². The zero-order valence-electron chi connectivity index (χ0n) is 12.0. The quantitative estimate of drug-likeness (QED) is 0.229. The molecule has 0 saturated carbocycles. The molecule has 0 bridgehead atoms. The third-order valence-corrected chi connectivity index (χ3v) is 4.34. The topological polar surface area (TPSA) is 169 Å². The maximum Gasteiger partial charge on any atom is 0.187 e. The molecule has 10 atom stereocenters. The van der Waals surface area contributed by atoms with E-state index in [2.05, 4.69) is 12.6 Å². The summed E-state index contributed by atoms with van der Waals surface area (Å²) in [7, 11) is 0. The van der Waals surface area contributed by atoms with Gasteiger partial charge >= 0.3 is 0 Å². The molecule has 0 aromatic rings. The van der Waals surface area contributed by atoms with E-state index in [1.54, 1.807) is 0 Å². The summed E-state index contributed by atoms with van der Waals surface area (Å²) >= 11 is 3.96. The monoisotopic (exact) mass is 358 g/mol. The average molecular weight is 358 g/mol. The zero-order chi connectivity index (χ0) is 17.3. The number of ether oxygens (including phenoxy) is 3. The maximum absolute atomic E-state index is 9.98. The van der Waals surface area contributed by atoms with Crippen LogP contribution in [0.3, 0.4) is 0 Å². The van der Waals surface area contributed by atoms with Crippen LogP contribution < -0.4 is 0 Å².